The molecule has 19 heavy (non-hydrogen) atoms. The second-order valence-corrected chi connectivity index (χ2v) is 4.26. The Morgan fingerprint density at radius 2 is 1.95 bits per heavy atom. The number of benzene rings is 1. The van der Waals surface area contributed by atoms with E-state index in [2.05, 4.69) is 16.4 Å². The Morgan fingerprint density at radius 3 is 2.68 bits per heavy atom. The molecule has 0 bridgehead atoms. The predicted molar refractivity (Wildman–Crippen MR) is 73.2 cm³/mol. The first kappa shape index (κ1) is 13.6. The van der Waals surface area contributed by atoms with Gasteiger partial charge in [-0.1, -0.05) is 12.1 Å². The lowest BCUT2D eigenvalue weighted by Crippen LogP contribution is -2.18. The van der Waals surface area contributed by atoms with Gasteiger partial charge in [-0.05, 0) is 29.3 Å². The number of aromatic nitrogens is 1. The number of ether oxygens (including phenoxy) is 1. The first-order valence-electron chi connectivity index (χ1n) is 6.19. The zero-order valence-electron chi connectivity index (χ0n) is 10.9. The van der Waals surface area contributed by atoms with E-state index in [1.54, 1.807) is 25.4 Å². The molecule has 0 aliphatic rings. The molecule has 0 spiro atoms. The highest BCUT2D eigenvalue weighted by atomic mass is 19.1. The van der Waals surface area contributed by atoms with E-state index in [0.29, 0.717) is 6.61 Å². The molecule has 0 aliphatic heterocycles. The molecule has 0 aliphatic carbocycles. The molecule has 0 amide bonds. The van der Waals surface area contributed by atoms with Gasteiger partial charge in [-0.15, -0.1) is 0 Å². The number of hydrogen-bond donors (Lipinski definition) is 1. The number of nitrogens with zero attached hydrogens (tertiary/aromatic N) is 1. The maximum absolute atomic E-state index is 12.9. The highest BCUT2D eigenvalue weighted by molar-refractivity contribution is 5.62. The van der Waals surface area contributed by atoms with Crippen molar-refractivity contribution < 1.29 is 9.13 Å². The van der Waals surface area contributed by atoms with E-state index in [9.17, 15) is 4.39 Å². The lowest BCUT2D eigenvalue weighted by Gasteiger charge is -2.06. The quantitative estimate of drug-likeness (QED) is 0.811. The minimum absolute atomic E-state index is 0.228. The van der Waals surface area contributed by atoms with Crippen LogP contribution < -0.4 is 5.32 Å². The molecule has 1 aromatic carbocycles. The number of nitrogens with one attached hydrogen (secondary N) is 1. The number of hydrogen-bond acceptors (Lipinski definition) is 3. The molecule has 2 aromatic rings. The van der Waals surface area contributed by atoms with Gasteiger partial charge in [-0.3, -0.25) is 4.98 Å². The van der Waals surface area contributed by atoms with Gasteiger partial charge in [0.05, 0.1) is 6.61 Å². The van der Waals surface area contributed by atoms with Crippen LogP contribution in [0.5, 0.6) is 0 Å². The zero-order chi connectivity index (χ0) is 13.5. The maximum atomic E-state index is 12.9. The molecule has 0 saturated carbocycles. The van der Waals surface area contributed by atoms with Crippen LogP contribution in [0.25, 0.3) is 11.1 Å². The lowest BCUT2D eigenvalue weighted by atomic mass is 10.1. The number of methoxy groups -OCH3 is 1. The number of pyridine rings is 1. The third-order valence-corrected chi connectivity index (χ3v) is 2.78. The molecule has 0 radical (unpaired) electrons. The minimum Gasteiger partial charge on any atom is -0.383 e. The van der Waals surface area contributed by atoms with Gasteiger partial charge in [0, 0.05) is 38.2 Å². The standard InChI is InChI=1S/C15H17FN2O/c1-19-7-6-17-9-12-8-14(11-18-10-12)13-2-4-15(16)5-3-13/h2-5,8,10-11,17H,6-7,9H2,1H3. The molecule has 3 nitrogen and oxygen atoms in total. The summed E-state index contributed by atoms with van der Waals surface area (Å²) in [5.41, 5.74) is 3.05. The van der Waals surface area contributed by atoms with Gasteiger partial charge in [0.1, 0.15) is 5.82 Å². The molecule has 1 aromatic heterocycles. The summed E-state index contributed by atoms with van der Waals surface area (Å²) in [6.07, 6.45) is 3.61. The van der Waals surface area contributed by atoms with Crippen molar-refractivity contribution in [3.8, 4) is 11.1 Å². The summed E-state index contributed by atoms with van der Waals surface area (Å²) >= 11 is 0. The average molecular weight is 260 g/mol. The fraction of sp³-hybridized carbons (Fsp3) is 0.267. The van der Waals surface area contributed by atoms with E-state index >= 15 is 0 Å². The molecule has 1 N–H and O–H groups in total. The smallest absolute Gasteiger partial charge is 0.123 e. The van der Waals surface area contributed by atoms with Crippen LogP contribution in [-0.2, 0) is 11.3 Å². The van der Waals surface area contributed by atoms with Crippen molar-refractivity contribution in [1.82, 2.24) is 10.3 Å². The molecule has 0 atom stereocenters. The van der Waals surface area contributed by atoms with Crippen LogP contribution in [0.1, 0.15) is 5.56 Å². The van der Waals surface area contributed by atoms with Crippen molar-refractivity contribution in [2.45, 2.75) is 6.54 Å². The second kappa shape index (κ2) is 6.97. The normalized spacial score (nSPS) is 10.6. The Bertz CT molecular complexity index is 514. The minimum atomic E-state index is -0.228. The van der Waals surface area contributed by atoms with Crippen LogP contribution in [0.4, 0.5) is 4.39 Å². The molecule has 100 valence electrons. The van der Waals surface area contributed by atoms with Gasteiger partial charge in [0.25, 0.3) is 0 Å². The molecular formula is C15H17FN2O. The van der Waals surface area contributed by atoms with Crippen molar-refractivity contribution in [3.05, 3.63) is 54.1 Å². The Kier molecular flexibility index (Phi) is 5.01. The Labute approximate surface area is 112 Å². The Morgan fingerprint density at radius 1 is 1.16 bits per heavy atom. The fourth-order valence-electron chi connectivity index (χ4n) is 1.79. The SMILES string of the molecule is COCCNCc1cncc(-c2ccc(F)cc2)c1. The van der Waals surface area contributed by atoms with Crippen LogP contribution in [0, 0.1) is 5.82 Å². The van der Waals surface area contributed by atoms with Crippen molar-refractivity contribution in [2.75, 3.05) is 20.3 Å². The Hall–Kier alpha value is -1.78. The van der Waals surface area contributed by atoms with Gasteiger partial charge in [0.15, 0.2) is 0 Å². The summed E-state index contributed by atoms with van der Waals surface area (Å²) < 4.78 is 17.9. The third-order valence-electron chi connectivity index (χ3n) is 2.78. The van der Waals surface area contributed by atoms with E-state index in [1.165, 1.54) is 12.1 Å². The molecule has 0 fully saturated rings. The second-order valence-electron chi connectivity index (χ2n) is 4.26. The first-order chi connectivity index (χ1) is 9.29. The largest absolute Gasteiger partial charge is 0.383 e. The molecular weight excluding hydrogens is 243 g/mol. The van der Waals surface area contributed by atoms with Gasteiger partial charge >= 0.3 is 0 Å². The van der Waals surface area contributed by atoms with Crippen LogP contribution in [0.3, 0.4) is 0 Å². The molecule has 2 rings (SSSR count). The van der Waals surface area contributed by atoms with E-state index in [0.717, 1.165) is 29.8 Å². The van der Waals surface area contributed by atoms with E-state index < -0.39 is 0 Å². The number of rotatable bonds is 6. The molecule has 1 heterocycles. The van der Waals surface area contributed by atoms with Gasteiger partial charge < -0.3 is 10.1 Å². The summed E-state index contributed by atoms with van der Waals surface area (Å²) in [5, 5.41) is 3.27. The number of halogens is 1. The molecule has 0 saturated heterocycles. The van der Waals surface area contributed by atoms with E-state index in [1.807, 2.05) is 6.20 Å². The average Bonchev–Trinajstić information content (AvgIpc) is 2.45. The van der Waals surface area contributed by atoms with Crippen LogP contribution in [0.15, 0.2) is 42.7 Å². The summed E-state index contributed by atoms with van der Waals surface area (Å²) in [4.78, 5) is 4.22. The predicted octanol–water partition coefficient (Wildman–Crippen LogP) is 2.62. The van der Waals surface area contributed by atoms with Crippen molar-refractivity contribution >= 4 is 0 Å². The lowest BCUT2D eigenvalue weighted by molar-refractivity contribution is 0.199. The Balaban J connectivity index is 2.04. The van der Waals surface area contributed by atoms with Crippen molar-refractivity contribution in [2.24, 2.45) is 0 Å². The fourth-order valence-corrected chi connectivity index (χ4v) is 1.79. The van der Waals surface area contributed by atoms with Crippen molar-refractivity contribution in [3.63, 3.8) is 0 Å². The van der Waals surface area contributed by atoms with Gasteiger partial charge in [-0.25, -0.2) is 4.39 Å². The highest BCUT2D eigenvalue weighted by Crippen LogP contribution is 2.19. The van der Waals surface area contributed by atoms with E-state index in [4.69, 9.17) is 4.74 Å². The molecule has 4 heteroatoms. The summed E-state index contributed by atoms with van der Waals surface area (Å²) in [6, 6.07) is 8.49. The van der Waals surface area contributed by atoms with Crippen LogP contribution in [0.2, 0.25) is 0 Å². The van der Waals surface area contributed by atoms with Crippen LogP contribution in [-0.4, -0.2) is 25.2 Å². The summed E-state index contributed by atoms with van der Waals surface area (Å²) in [6.45, 7) is 2.23. The third kappa shape index (κ3) is 4.12. The first-order valence-corrected chi connectivity index (χ1v) is 6.19. The monoisotopic (exact) mass is 260 g/mol. The van der Waals surface area contributed by atoms with Gasteiger partial charge in [0.2, 0.25) is 0 Å². The summed E-state index contributed by atoms with van der Waals surface area (Å²) in [7, 11) is 1.68. The van der Waals surface area contributed by atoms with Crippen molar-refractivity contribution in [1.29, 1.82) is 0 Å². The zero-order valence-corrected chi connectivity index (χ0v) is 10.9. The highest BCUT2D eigenvalue weighted by Gasteiger charge is 2.00. The summed E-state index contributed by atoms with van der Waals surface area (Å²) in [5.74, 6) is -0.228. The topological polar surface area (TPSA) is 34.1 Å². The molecule has 0 unspecified atom stereocenters. The maximum Gasteiger partial charge on any atom is 0.123 e. The van der Waals surface area contributed by atoms with E-state index in [-0.39, 0.29) is 5.82 Å². The van der Waals surface area contributed by atoms with Gasteiger partial charge in [-0.2, -0.15) is 0 Å². The van der Waals surface area contributed by atoms with Crippen LogP contribution >= 0.6 is 0 Å².